The lowest BCUT2D eigenvalue weighted by Crippen LogP contribution is -2.56. The lowest BCUT2D eigenvalue weighted by Gasteiger charge is -2.44. The Balaban J connectivity index is 1.49. The van der Waals surface area contributed by atoms with Gasteiger partial charge in [0.1, 0.15) is 6.54 Å². The first-order valence-electron chi connectivity index (χ1n) is 12.1. The Kier molecular flexibility index (Phi) is 7.92. The van der Waals surface area contributed by atoms with Crippen LogP contribution in [0.1, 0.15) is 50.2 Å². The first-order chi connectivity index (χ1) is 16.3. The molecule has 2 atom stereocenters. The van der Waals surface area contributed by atoms with Crippen LogP contribution in [0.15, 0.2) is 29.2 Å². The summed E-state index contributed by atoms with van der Waals surface area (Å²) in [5.41, 5.74) is -0.160. The number of piperazine rings is 1. The van der Waals surface area contributed by atoms with E-state index in [9.17, 15) is 22.8 Å². The maximum atomic E-state index is 13.4. The lowest BCUT2D eigenvalue weighted by atomic mass is 9.93. The van der Waals surface area contributed by atoms with Gasteiger partial charge in [0.05, 0.1) is 10.5 Å². The van der Waals surface area contributed by atoms with Gasteiger partial charge in [0.2, 0.25) is 5.91 Å². The zero-order valence-corrected chi connectivity index (χ0v) is 20.3. The Morgan fingerprint density at radius 2 is 1.76 bits per heavy atom. The summed E-state index contributed by atoms with van der Waals surface area (Å²) in [6.07, 6.45) is 2.33. The highest BCUT2D eigenvalue weighted by atomic mass is 32.2. The summed E-state index contributed by atoms with van der Waals surface area (Å²) in [6.45, 7) is 6.32. The zero-order valence-electron chi connectivity index (χ0n) is 19.5. The van der Waals surface area contributed by atoms with Crippen LogP contribution in [0.3, 0.4) is 0 Å². The standard InChI is InChI=1S/C25H32F3N3O2S/c1-2-11-29-12-14-30(15-13-29)23(32)17-31-20-5-3-4-6-21(20)34-22(24(31)33)16-18-7-9-19(10-8-18)25(26,27)28/h7-10,16,20-21H,2-6,11-15,17H2,1H3/b22-16-. The molecule has 1 aliphatic carbocycles. The number of nitrogens with zero attached hydrogens (tertiary/aromatic N) is 3. The van der Waals surface area contributed by atoms with Crippen LogP contribution in [-0.4, -0.2) is 77.1 Å². The molecule has 0 aromatic heterocycles. The van der Waals surface area contributed by atoms with E-state index in [1.54, 1.807) is 11.0 Å². The van der Waals surface area contributed by atoms with Gasteiger partial charge in [0.15, 0.2) is 0 Å². The molecule has 2 saturated heterocycles. The van der Waals surface area contributed by atoms with Crippen molar-refractivity contribution < 1.29 is 22.8 Å². The second kappa shape index (κ2) is 10.7. The number of hydrogen-bond donors (Lipinski definition) is 0. The fraction of sp³-hybridized carbons (Fsp3) is 0.600. The minimum absolute atomic E-state index is 0.0189. The zero-order chi connectivity index (χ0) is 24.3. The number of amides is 2. The Morgan fingerprint density at radius 1 is 1.09 bits per heavy atom. The average Bonchev–Trinajstić information content (AvgIpc) is 2.82. The van der Waals surface area contributed by atoms with Crippen LogP contribution in [0.2, 0.25) is 0 Å². The van der Waals surface area contributed by atoms with Gasteiger partial charge >= 0.3 is 6.18 Å². The van der Waals surface area contributed by atoms with Crippen LogP contribution in [0.4, 0.5) is 13.2 Å². The van der Waals surface area contributed by atoms with Gasteiger partial charge in [-0.05, 0) is 49.6 Å². The van der Waals surface area contributed by atoms with E-state index in [0.717, 1.165) is 63.9 Å². The van der Waals surface area contributed by atoms with Gasteiger partial charge in [-0.25, -0.2) is 0 Å². The predicted octanol–water partition coefficient (Wildman–Crippen LogP) is 4.49. The molecule has 1 aromatic carbocycles. The molecule has 1 saturated carbocycles. The van der Waals surface area contributed by atoms with E-state index < -0.39 is 11.7 Å². The number of thioether (sulfide) groups is 1. The first-order valence-corrected chi connectivity index (χ1v) is 13.0. The summed E-state index contributed by atoms with van der Waals surface area (Å²) in [6, 6.07) is 4.88. The van der Waals surface area contributed by atoms with Crippen LogP contribution in [-0.2, 0) is 15.8 Å². The molecule has 3 aliphatic rings. The van der Waals surface area contributed by atoms with E-state index in [-0.39, 0.29) is 29.7 Å². The van der Waals surface area contributed by atoms with E-state index in [4.69, 9.17) is 0 Å². The second-order valence-corrected chi connectivity index (χ2v) is 10.6. The van der Waals surface area contributed by atoms with Gasteiger partial charge in [-0.1, -0.05) is 31.9 Å². The molecule has 34 heavy (non-hydrogen) atoms. The van der Waals surface area contributed by atoms with Crippen molar-refractivity contribution in [2.24, 2.45) is 0 Å². The van der Waals surface area contributed by atoms with Crippen molar-refractivity contribution in [2.75, 3.05) is 39.3 Å². The second-order valence-electron chi connectivity index (χ2n) is 9.29. The van der Waals surface area contributed by atoms with Crippen molar-refractivity contribution >= 4 is 29.7 Å². The van der Waals surface area contributed by atoms with E-state index in [2.05, 4.69) is 11.8 Å². The number of alkyl halides is 3. The first kappa shape index (κ1) is 25.1. The van der Waals surface area contributed by atoms with Crippen LogP contribution in [0.25, 0.3) is 6.08 Å². The van der Waals surface area contributed by atoms with Crippen molar-refractivity contribution in [3.05, 3.63) is 40.3 Å². The predicted molar refractivity (Wildman–Crippen MR) is 128 cm³/mol. The molecule has 0 N–H and O–H groups in total. The lowest BCUT2D eigenvalue weighted by molar-refractivity contribution is -0.141. The number of carbonyl (C=O) groups excluding carboxylic acids is 2. The quantitative estimate of drug-likeness (QED) is 0.565. The average molecular weight is 496 g/mol. The fourth-order valence-corrected chi connectivity index (χ4v) is 6.54. The molecule has 0 spiro atoms. The molecular weight excluding hydrogens is 463 g/mol. The van der Waals surface area contributed by atoms with Gasteiger partial charge in [-0.3, -0.25) is 14.5 Å². The van der Waals surface area contributed by atoms with Gasteiger partial charge in [-0.2, -0.15) is 13.2 Å². The minimum Gasteiger partial charge on any atom is -0.339 e. The Morgan fingerprint density at radius 3 is 2.41 bits per heavy atom. The van der Waals surface area contributed by atoms with Crippen molar-refractivity contribution in [3.8, 4) is 0 Å². The summed E-state index contributed by atoms with van der Waals surface area (Å²) >= 11 is 1.52. The number of hydrogen-bond acceptors (Lipinski definition) is 4. The van der Waals surface area contributed by atoms with E-state index in [1.165, 1.54) is 23.9 Å². The third-order valence-corrected chi connectivity index (χ3v) is 8.32. The Hall–Kier alpha value is -2.00. The van der Waals surface area contributed by atoms with E-state index in [0.29, 0.717) is 23.6 Å². The molecule has 2 heterocycles. The normalized spacial score (nSPS) is 25.5. The number of carbonyl (C=O) groups is 2. The molecule has 1 aromatic rings. The maximum absolute atomic E-state index is 13.4. The topological polar surface area (TPSA) is 43.9 Å². The SMILES string of the molecule is CCCN1CCN(C(=O)CN2C(=O)/C(=C/c3ccc(C(F)(F)F)cc3)SC3CCCCC32)CC1. The summed E-state index contributed by atoms with van der Waals surface area (Å²) in [5, 5.41) is 0.210. The third-order valence-electron chi connectivity index (χ3n) is 6.92. The molecule has 2 unspecified atom stereocenters. The molecular formula is C25H32F3N3O2S. The number of benzene rings is 1. The minimum atomic E-state index is -4.39. The van der Waals surface area contributed by atoms with Gasteiger partial charge in [0.25, 0.3) is 5.91 Å². The maximum Gasteiger partial charge on any atom is 0.416 e. The molecule has 2 amide bonds. The summed E-state index contributed by atoms with van der Waals surface area (Å²) < 4.78 is 38.7. The molecule has 4 rings (SSSR count). The van der Waals surface area contributed by atoms with Gasteiger partial charge in [-0.15, -0.1) is 11.8 Å². The van der Waals surface area contributed by atoms with Crippen molar-refractivity contribution in [3.63, 3.8) is 0 Å². The van der Waals surface area contributed by atoms with Crippen LogP contribution in [0.5, 0.6) is 0 Å². The van der Waals surface area contributed by atoms with Crippen molar-refractivity contribution in [2.45, 2.75) is 56.5 Å². The van der Waals surface area contributed by atoms with E-state index in [1.807, 2.05) is 4.90 Å². The van der Waals surface area contributed by atoms with E-state index >= 15 is 0 Å². The summed E-state index contributed by atoms with van der Waals surface area (Å²) in [7, 11) is 0. The van der Waals surface area contributed by atoms with Crippen LogP contribution >= 0.6 is 11.8 Å². The smallest absolute Gasteiger partial charge is 0.339 e. The van der Waals surface area contributed by atoms with Gasteiger partial charge in [0, 0.05) is 37.5 Å². The number of halogens is 3. The van der Waals surface area contributed by atoms with Crippen molar-refractivity contribution in [1.82, 2.24) is 14.7 Å². The highest BCUT2D eigenvalue weighted by Crippen LogP contribution is 2.42. The molecule has 9 heteroatoms. The molecule has 186 valence electrons. The molecule has 3 fully saturated rings. The number of fused-ring (bicyclic) bond motifs is 1. The molecule has 0 radical (unpaired) electrons. The fourth-order valence-electron chi connectivity index (χ4n) is 5.06. The summed E-state index contributed by atoms with van der Waals surface area (Å²) in [4.78, 5) is 33.0. The summed E-state index contributed by atoms with van der Waals surface area (Å²) in [5.74, 6) is -0.208. The monoisotopic (exact) mass is 495 g/mol. The Bertz CT molecular complexity index is 911. The third kappa shape index (κ3) is 5.79. The highest BCUT2D eigenvalue weighted by Gasteiger charge is 2.41. The van der Waals surface area contributed by atoms with Crippen LogP contribution in [0, 0.1) is 0 Å². The molecule has 2 aliphatic heterocycles. The van der Waals surface area contributed by atoms with Gasteiger partial charge < -0.3 is 9.80 Å². The van der Waals surface area contributed by atoms with Crippen molar-refractivity contribution in [1.29, 1.82) is 0 Å². The molecule has 0 bridgehead atoms. The Labute approximate surface area is 203 Å². The largest absolute Gasteiger partial charge is 0.416 e. The highest BCUT2D eigenvalue weighted by molar-refractivity contribution is 8.04. The number of rotatable bonds is 5. The van der Waals surface area contributed by atoms with Crippen LogP contribution < -0.4 is 0 Å². The molecule has 5 nitrogen and oxygen atoms in total.